The fourth-order valence-corrected chi connectivity index (χ4v) is 2.40. The molecule has 0 amide bonds. The maximum atomic E-state index is 11.8. The van der Waals surface area contributed by atoms with Gasteiger partial charge in [-0.05, 0) is 45.1 Å². The van der Waals surface area contributed by atoms with Crippen LogP contribution in [0, 0.1) is 11.7 Å². The second kappa shape index (κ2) is 4.93. The standard InChI is InChI=1S/C11H17N3OS/c1-8-9(10(15)13-11(16)12-8)7-14-5-3-2-4-6-14/h2-7H2,1H3,(H2,12,13,15,16). The van der Waals surface area contributed by atoms with Crippen LogP contribution >= 0.6 is 12.2 Å². The molecule has 0 spiro atoms. The van der Waals surface area contributed by atoms with Crippen molar-refractivity contribution < 1.29 is 0 Å². The number of nitrogens with zero attached hydrogens (tertiary/aromatic N) is 1. The van der Waals surface area contributed by atoms with Gasteiger partial charge in [-0.25, -0.2) is 0 Å². The van der Waals surface area contributed by atoms with Gasteiger partial charge in [0, 0.05) is 12.2 Å². The molecular formula is C11H17N3OS. The number of piperidine rings is 1. The van der Waals surface area contributed by atoms with Crippen molar-refractivity contribution in [1.82, 2.24) is 14.9 Å². The Hall–Kier alpha value is -0.940. The van der Waals surface area contributed by atoms with E-state index in [4.69, 9.17) is 12.2 Å². The van der Waals surface area contributed by atoms with Gasteiger partial charge in [-0.1, -0.05) is 6.42 Å². The van der Waals surface area contributed by atoms with Crippen LogP contribution < -0.4 is 5.56 Å². The van der Waals surface area contributed by atoms with Gasteiger partial charge in [0.2, 0.25) is 0 Å². The zero-order chi connectivity index (χ0) is 11.5. The number of hydrogen-bond donors (Lipinski definition) is 2. The highest BCUT2D eigenvalue weighted by atomic mass is 32.1. The highest BCUT2D eigenvalue weighted by Crippen LogP contribution is 2.11. The molecule has 2 rings (SSSR count). The number of nitrogens with one attached hydrogen (secondary N) is 2. The quantitative estimate of drug-likeness (QED) is 0.773. The van der Waals surface area contributed by atoms with Crippen LogP contribution in [0.1, 0.15) is 30.5 Å². The van der Waals surface area contributed by atoms with Gasteiger partial charge in [0.1, 0.15) is 0 Å². The van der Waals surface area contributed by atoms with Crippen molar-refractivity contribution in [3.8, 4) is 0 Å². The van der Waals surface area contributed by atoms with Crippen molar-refractivity contribution in [3.05, 3.63) is 26.4 Å². The van der Waals surface area contributed by atoms with E-state index in [1.54, 1.807) is 0 Å². The molecule has 0 bridgehead atoms. The molecule has 1 saturated heterocycles. The SMILES string of the molecule is Cc1[nH]c(=S)[nH]c(=O)c1CN1CCCCC1. The summed E-state index contributed by atoms with van der Waals surface area (Å²) in [6.07, 6.45) is 3.78. The third kappa shape index (κ3) is 2.59. The highest BCUT2D eigenvalue weighted by molar-refractivity contribution is 7.71. The predicted octanol–water partition coefficient (Wildman–Crippen LogP) is 1.73. The van der Waals surface area contributed by atoms with E-state index in [-0.39, 0.29) is 5.56 Å². The van der Waals surface area contributed by atoms with Crippen LogP contribution in [0.5, 0.6) is 0 Å². The molecule has 1 aliphatic rings. The van der Waals surface area contributed by atoms with Crippen molar-refractivity contribution in [2.24, 2.45) is 0 Å². The molecule has 2 N–H and O–H groups in total. The van der Waals surface area contributed by atoms with Crippen molar-refractivity contribution in [2.75, 3.05) is 13.1 Å². The molecule has 1 fully saturated rings. The predicted molar refractivity (Wildman–Crippen MR) is 66.1 cm³/mol. The minimum atomic E-state index is -0.0492. The molecule has 0 aromatic carbocycles. The second-order valence-corrected chi connectivity index (χ2v) is 4.76. The zero-order valence-corrected chi connectivity index (χ0v) is 10.3. The molecule has 0 radical (unpaired) electrons. The Morgan fingerprint density at radius 2 is 1.94 bits per heavy atom. The molecule has 2 heterocycles. The average molecular weight is 239 g/mol. The molecule has 1 aromatic heterocycles. The van der Waals surface area contributed by atoms with E-state index >= 15 is 0 Å². The van der Waals surface area contributed by atoms with Crippen molar-refractivity contribution >= 4 is 12.2 Å². The summed E-state index contributed by atoms with van der Waals surface area (Å²) in [5.41, 5.74) is 1.65. The average Bonchev–Trinajstić information content (AvgIpc) is 2.25. The molecule has 16 heavy (non-hydrogen) atoms. The second-order valence-electron chi connectivity index (χ2n) is 4.35. The van der Waals surface area contributed by atoms with E-state index in [1.807, 2.05) is 6.92 Å². The maximum Gasteiger partial charge on any atom is 0.256 e. The number of hydrogen-bond acceptors (Lipinski definition) is 3. The molecule has 88 valence electrons. The van der Waals surface area contributed by atoms with Gasteiger partial charge in [-0.2, -0.15) is 0 Å². The van der Waals surface area contributed by atoms with Crippen LogP contribution in [0.3, 0.4) is 0 Å². The summed E-state index contributed by atoms with van der Waals surface area (Å²) in [5, 5.41) is 0. The lowest BCUT2D eigenvalue weighted by atomic mass is 10.1. The smallest absolute Gasteiger partial charge is 0.256 e. The van der Waals surface area contributed by atoms with Crippen molar-refractivity contribution in [3.63, 3.8) is 0 Å². The summed E-state index contributed by atoms with van der Waals surface area (Å²) in [6, 6.07) is 0. The van der Waals surface area contributed by atoms with Crippen LogP contribution in [-0.2, 0) is 6.54 Å². The molecule has 1 aliphatic heterocycles. The van der Waals surface area contributed by atoms with Gasteiger partial charge in [0.15, 0.2) is 4.77 Å². The van der Waals surface area contributed by atoms with E-state index in [0.29, 0.717) is 4.77 Å². The highest BCUT2D eigenvalue weighted by Gasteiger charge is 2.13. The lowest BCUT2D eigenvalue weighted by Crippen LogP contribution is -2.32. The van der Waals surface area contributed by atoms with Gasteiger partial charge < -0.3 is 4.98 Å². The minimum absolute atomic E-state index is 0.0492. The van der Waals surface area contributed by atoms with Gasteiger partial charge in [-0.3, -0.25) is 14.7 Å². The Kier molecular flexibility index (Phi) is 3.56. The van der Waals surface area contributed by atoms with Gasteiger partial charge in [0.25, 0.3) is 5.56 Å². The number of aryl methyl sites for hydroxylation is 1. The van der Waals surface area contributed by atoms with E-state index in [2.05, 4.69) is 14.9 Å². The summed E-state index contributed by atoms with van der Waals surface area (Å²) in [6.45, 7) is 4.82. The van der Waals surface area contributed by atoms with Crippen LogP contribution in [0.15, 0.2) is 4.79 Å². The minimum Gasteiger partial charge on any atom is -0.336 e. The van der Waals surface area contributed by atoms with Crippen LogP contribution in [0.4, 0.5) is 0 Å². The summed E-state index contributed by atoms with van der Waals surface area (Å²) < 4.78 is 0.407. The maximum absolute atomic E-state index is 11.8. The lowest BCUT2D eigenvalue weighted by molar-refractivity contribution is 0.219. The number of aromatic nitrogens is 2. The molecule has 0 saturated carbocycles. The summed E-state index contributed by atoms with van der Waals surface area (Å²) in [7, 11) is 0. The molecule has 1 aromatic rings. The van der Waals surface area contributed by atoms with Crippen LogP contribution in [-0.4, -0.2) is 28.0 Å². The first-order chi connectivity index (χ1) is 7.66. The Morgan fingerprint density at radius 1 is 1.25 bits per heavy atom. The first kappa shape index (κ1) is 11.5. The Balaban J connectivity index is 2.20. The number of aromatic amines is 2. The molecule has 0 aliphatic carbocycles. The molecule has 4 nitrogen and oxygen atoms in total. The summed E-state index contributed by atoms with van der Waals surface area (Å²) >= 11 is 4.93. The van der Waals surface area contributed by atoms with E-state index < -0.39 is 0 Å². The Bertz CT molecular complexity index is 471. The molecule has 0 atom stereocenters. The van der Waals surface area contributed by atoms with Crippen LogP contribution in [0.2, 0.25) is 0 Å². The third-order valence-electron chi connectivity index (χ3n) is 3.09. The largest absolute Gasteiger partial charge is 0.336 e. The van der Waals surface area contributed by atoms with E-state index in [1.165, 1.54) is 19.3 Å². The zero-order valence-electron chi connectivity index (χ0n) is 9.51. The lowest BCUT2D eigenvalue weighted by Gasteiger charge is -2.26. The number of likely N-dealkylation sites (tertiary alicyclic amines) is 1. The van der Waals surface area contributed by atoms with Gasteiger partial charge in [-0.15, -0.1) is 0 Å². The fourth-order valence-electron chi connectivity index (χ4n) is 2.16. The molecule has 0 unspecified atom stereocenters. The van der Waals surface area contributed by atoms with Crippen molar-refractivity contribution in [2.45, 2.75) is 32.7 Å². The summed E-state index contributed by atoms with van der Waals surface area (Å²) in [4.78, 5) is 19.7. The first-order valence-electron chi connectivity index (χ1n) is 5.71. The van der Waals surface area contributed by atoms with E-state index in [0.717, 1.165) is 30.9 Å². The summed E-state index contributed by atoms with van der Waals surface area (Å²) in [5.74, 6) is 0. The van der Waals surface area contributed by atoms with E-state index in [9.17, 15) is 4.79 Å². The Morgan fingerprint density at radius 3 is 2.56 bits per heavy atom. The fraction of sp³-hybridized carbons (Fsp3) is 0.636. The normalized spacial score (nSPS) is 17.6. The topological polar surface area (TPSA) is 51.9 Å². The van der Waals surface area contributed by atoms with Crippen LogP contribution in [0.25, 0.3) is 0 Å². The molecular weight excluding hydrogens is 222 g/mol. The van der Waals surface area contributed by atoms with Gasteiger partial charge in [0.05, 0.1) is 5.56 Å². The first-order valence-corrected chi connectivity index (χ1v) is 6.12. The third-order valence-corrected chi connectivity index (χ3v) is 3.29. The monoisotopic (exact) mass is 239 g/mol. The van der Waals surface area contributed by atoms with Gasteiger partial charge >= 0.3 is 0 Å². The number of H-pyrrole nitrogens is 2. The van der Waals surface area contributed by atoms with Crippen molar-refractivity contribution in [1.29, 1.82) is 0 Å². The number of rotatable bonds is 2. The Labute approximate surface area is 99.7 Å². The molecule has 5 heteroatoms.